The molecule has 0 fully saturated rings. The van der Waals surface area contributed by atoms with Crippen molar-refractivity contribution >= 4 is 17.1 Å². The summed E-state index contributed by atoms with van der Waals surface area (Å²) in [5, 5.41) is 2.76. The van der Waals surface area contributed by atoms with Gasteiger partial charge in [-0.3, -0.25) is 0 Å². The zero-order valence-corrected chi connectivity index (χ0v) is 10.6. The zero-order valence-electron chi connectivity index (χ0n) is 10.6. The van der Waals surface area contributed by atoms with Crippen LogP contribution in [-0.4, -0.2) is 0 Å². The van der Waals surface area contributed by atoms with Gasteiger partial charge >= 0.3 is 6.18 Å². The van der Waals surface area contributed by atoms with Crippen LogP contribution in [0.4, 0.5) is 34.6 Å². The first kappa shape index (κ1) is 14.2. The Bertz CT molecular complexity index is 636. The summed E-state index contributed by atoms with van der Waals surface area (Å²) < 4.78 is 51.1. The number of hydrogen-bond donors (Lipinski definition) is 2. The molecule has 3 N–H and O–H groups in total. The van der Waals surface area contributed by atoms with Gasteiger partial charge in [-0.1, -0.05) is 6.07 Å². The number of nitrogen functional groups attached to an aromatic ring is 1. The van der Waals surface area contributed by atoms with Crippen molar-refractivity contribution < 1.29 is 17.6 Å². The van der Waals surface area contributed by atoms with E-state index in [1.165, 1.54) is 18.2 Å². The van der Waals surface area contributed by atoms with Crippen molar-refractivity contribution in [2.75, 3.05) is 11.1 Å². The van der Waals surface area contributed by atoms with Crippen LogP contribution in [0.5, 0.6) is 0 Å². The minimum absolute atomic E-state index is 0.130. The van der Waals surface area contributed by atoms with Gasteiger partial charge in [-0.05, 0) is 42.8 Å². The van der Waals surface area contributed by atoms with Crippen LogP contribution in [0.25, 0.3) is 0 Å². The van der Waals surface area contributed by atoms with Crippen molar-refractivity contribution in [3.63, 3.8) is 0 Å². The molecule has 2 rings (SSSR count). The van der Waals surface area contributed by atoms with Crippen LogP contribution >= 0.6 is 0 Å². The summed E-state index contributed by atoms with van der Waals surface area (Å²) in [4.78, 5) is 0. The van der Waals surface area contributed by atoms with Crippen molar-refractivity contribution in [2.45, 2.75) is 13.1 Å². The fraction of sp³-hybridized carbons (Fsp3) is 0.143. The summed E-state index contributed by atoms with van der Waals surface area (Å²) in [5.41, 5.74) is 5.96. The molecule has 0 aliphatic heterocycles. The predicted molar refractivity (Wildman–Crippen MR) is 70.3 cm³/mol. The second kappa shape index (κ2) is 5.03. The lowest BCUT2D eigenvalue weighted by molar-refractivity contribution is -0.137. The van der Waals surface area contributed by atoms with Gasteiger partial charge in [0, 0.05) is 5.69 Å². The maximum absolute atomic E-state index is 13.3. The standard InChI is InChI=1S/C14H12F4N2/c1-8-5-13(12(19)7-11(8)15)20-10-4-2-3-9(6-10)14(16,17)18/h2-7,20H,19H2,1H3. The maximum atomic E-state index is 13.3. The van der Waals surface area contributed by atoms with Crippen molar-refractivity contribution in [3.8, 4) is 0 Å². The number of hydrogen-bond acceptors (Lipinski definition) is 2. The largest absolute Gasteiger partial charge is 0.416 e. The molecule has 0 heterocycles. The van der Waals surface area contributed by atoms with E-state index < -0.39 is 17.6 Å². The number of alkyl halides is 3. The topological polar surface area (TPSA) is 38.0 Å². The SMILES string of the molecule is Cc1cc(Nc2cccc(C(F)(F)F)c2)c(N)cc1F. The lowest BCUT2D eigenvalue weighted by atomic mass is 10.1. The van der Waals surface area contributed by atoms with E-state index in [9.17, 15) is 17.6 Å². The first-order chi connectivity index (χ1) is 9.27. The van der Waals surface area contributed by atoms with Gasteiger partial charge in [0.1, 0.15) is 5.82 Å². The number of rotatable bonds is 2. The molecule has 0 aliphatic carbocycles. The highest BCUT2D eigenvalue weighted by Crippen LogP contribution is 2.32. The second-order valence-corrected chi connectivity index (χ2v) is 4.39. The highest BCUT2D eigenvalue weighted by Gasteiger charge is 2.30. The summed E-state index contributed by atoms with van der Waals surface area (Å²) in [5.74, 6) is -0.461. The average molecular weight is 284 g/mol. The monoisotopic (exact) mass is 284 g/mol. The number of anilines is 3. The normalized spacial score (nSPS) is 11.4. The molecule has 0 saturated heterocycles. The van der Waals surface area contributed by atoms with Crippen LogP contribution in [-0.2, 0) is 6.18 Å². The van der Waals surface area contributed by atoms with Crippen LogP contribution in [0.15, 0.2) is 36.4 Å². The number of nitrogens with one attached hydrogen (secondary N) is 1. The van der Waals surface area contributed by atoms with Gasteiger partial charge < -0.3 is 11.1 Å². The molecule has 0 amide bonds. The van der Waals surface area contributed by atoms with Crippen LogP contribution < -0.4 is 11.1 Å². The molecule has 2 aromatic carbocycles. The quantitative estimate of drug-likeness (QED) is 0.630. The molecule has 20 heavy (non-hydrogen) atoms. The Hall–Kier alpha value is -2.24. The number of benzene rings is 2. The Balaban J connectivity index is 2.33. The summed E-state index contributed by atoms with van der Waals surface area (Å²) in [7, 11) is 0. The predicted octanol–water partition coefficient (Wildman–Crippen LogP) is 4.48. The third-order valence-corrected chi connectivity index (χ3v) is 2.80. The first-order valence-corrected chi connectivity index (χ1v) is 5.77. The van der Waals surface area contributed by atoms with Crippen molar-refractivity contribution in [1.29, 1.82) is 0 Å². The third-order valence-electron chi connectivity index (χ3n) is 2.80. The minimum Gasteiger partial charge on any atom is -0.397 e. The lowest BCUT2D eigenvalue weighted by Gasteiger charge is -2.13. The van der Waals surface area contributed by atoms with E-state index in [0.717, 1.165) is 18.2 Å². The Kier molecular flexibility index (Phi) is 3.57. The number of halogens is 4. The van der Waals surface area contributed by atoms with E-state index in [1.54, 1.807) is 6.92 Å². The molecule has 2 nitrogen and oxygen atoms in total. The Morgan fingerprint density at radius 2 is 1.80 bits per heavy atom. The summed E-state index contributed by atoms with van der Waals surface area (Å²) in [6.07, 6.45) is -4.41. The molecular weight excluding hydrogens is 272 g/mol. The number of nitrogens with two attached hydrogens (primary N) is 1. The van der Waals surface area contributed by atoms with Gasteiger partial charge in [0.2, 0.25) is 0 Å². The molecule has 6 heteroatoms. The molecule has 0 bridgehead atoms. The first-order valence-electron chi connectivity index (χ1n) is 5.77. The van der Waals surface area contributed by atoms with E-state index in [1.807, 2.05) is 0 Å². The molecule has 0 unspecified atom stereocenters. The molecule has 0 saturated carbocycles. The molecule has 0 spiro atoms. The summed E-state index contributed by atoms with van der Waals surface area (Å²) in [6.45, 7) is 1.55. The van der Waals surface area contributed by atoms with E-state index in [-0.39, 0.29) is 11.4 Å². The van der Waals surface area contributed by atoms with E-state index in [4.69, 9.17) is 5.73 Å². The highest BCUT2D eigenvalue weighted by atomic mass is 19.4. The van der Waals surface area contributed by atoms with Crippen LogP contribution in [0.2, 0.25) is 0 Å². The zero-order chi connectivity index (χ0) is 14.9. The Labute approximate surface area is 113 Å². The second-order valence-electron chi connectivity index (χ2n) is 4.39. The van der Waals surface area contributed by atoms with Crippen LogP contribution in [0, 0.1) is 12.7 Å². The van der Waals surface area contributed by atoms with Gasteiger partial charge in [0.25, 0.3) is 0 Å². The number of aryl methyl sites for hydroxylation is 1. The molecule has 106 valence electrons. The van der Waals surface area contributed by atoms with Gasteiger partial charge in [-0.15, -0.1) is 0 Å². The fourth-order valence-corrected chi connectivity index (χ4v) is 1.73. The van der Waals surface area contributed by atoms with Gasteiger partial charge in [0.05, 0.1) is 16.9 Å². The van der Waals surface area contributed by atoms with Gasteiger partial charge in [0.15, 0.2) is 0 Å². The van der Waals surface area contributed by atoms with Crippen LogP contribution in [0.1, 0.15) is 11.1 Å². The average Bonchev–Trinajstić information content (AvgIpc) is 2.35. The Morgan fingerprint density at radius 3 is 2.45 bits per heavy atom. The lowest BCUT2D eigenvalue weighted by Crippen LogP contribution is -2.05. The summed E-state index contributed by atoms with van der Waals surface area (Å²) >= 11 is 0. The van der Waals surface area contributed by atoms with E-state index in [0.29, 0.717) is 11.3 Å². The van der Waals surface area contributed by atoms with Crippen molar-refractivity contribution in [3.05, 3.63) is 53.3 Å². The van der Waals surface area contributed by atoms with Crippen molar-refractivity contribution in [1.82, 2.24) is 0 Å². The molecule has 0 radical (unpaired) electrons. The Morgan fingerprint density at radius 1 is 1.10 bits per heavy atom. The van der Waals surface area contributed by atoms with E-state index in [2.05, 4.69) is 5.32 Å². The molecule has 2 aromatic rings. The van der Waals surface area contributed by atoms with Gasteiger partial charge in [-0.25, -0.2) is 4.39 Å². The maximum Gasteiger partial charge on any atom is 0.416 e. The van der Waals surface area contributed by atoms with Crippen LogP contribution in [0.3, 0.4) is 0 Å². The van der Waals surface area contributed by atoms with Crippen molar-refractivity contribution in [2.24, 2.45) is 0 Å². The molecule has 0 aliphatic rings. The molecule has 0 aromatic heterocycles. The smallest absolute Gasteiger partial charge is 0.397 e. The highest BCUT2D eigenvalue weighted by molar-refractivity contribution is 5.73. The van der Waals surface area contributed by atoms with E-state index >= 15 is 0 Å². The molecular formula is C14H12F4N2. The summed E-state index contributed by atoms with van der Waals surface area (Å²) in [6, 6.07) is 7.30. The minimum atomic E-state index is -4.41. The molecule has 0 atom stereocenters. The fourth-order valence-electron chi connectivity index (χ4n) is 1.73. The third kappa shape index (κ3) is 3.01. The van der Waals surface area contributed by atoms with Gasteiger partial charge in [-0.2, -0.15) is 13.2 Å².